The molecule has 16 heteroatoms. The van der Waals surface area contributed by atoms with Gasteiger partial charge >= 0.3 is 19.1 Å². The Morgan fingerprint density at radius 3 is 1.54 bits per heavy atom. The van der Waals surface area contributed by atoms with Crippen LogP contribution in [0.4, 0.5) is 11.6 Å². The van der Waals surface area contributed by atoms with Crippen LogP contribution in [0.2, 0.25) is 5.15 Å². The minimum absolute atomic E-state index is 0.239. The summed E-state index contributed by atoms with van der Waals surface area (Å²) in [6, 6.07) is 17.6. The molecule has 2 N–H and O–H groups in total. The van der Waals surface area contributed by atoms with Gasteiger partial charge in [0.25, 0.3) is 0 Å². The van der Waals surface area contributed by atoms with Crippen molar-refractivity contribution in [3.63, 3.8) is 0 Å². The molecule has 0 aliphatic carbocycles. The number of rotatable bonds is 8. The van der Waals surface area contributed by atoms with Gasteiger partial charge in [-0.2, -0.15) is 0 Å². The summed E-state index contributed by atoms with van der Waals surface area (Å²) in [5.41, 5.74) is 5.73. The summed E-state index contributed by atoms with van der Waals surface area (Å²) in [5, 5.41) is 17.4. The molecule has 6 rings (SSSR count). The molecule has 2 aromatic carbocycles. The summed E-state index contributed by atoms with van der Waals surface area (Å²) in [5.74, 6) is 0.565. The number of hydrogen-bond donors (Lipinski definition) is 2. The summed E-state index contributed by atoms with van der Waals surface area (Å²) < 4.78 is 9.49. The van der Waals surface area contributed by atoms with E-state index in [1.807, 2.05) is 45.0 Å². The predicted molar refractivity (Wildman–Crippen MR) is 211 cm³/mol. The molecule has 14 nitrogen and oxygen atoms in total. The smallest absolute Gasteiger partial charge is 0.465 e. The van der Waals surface area contributed by atoms with E-state index in [2.05, 4.69) is 38.7 Å². The van der Waals surface area contributed by atoms with Gasteiger partial charge < -0.3 is 29.3 Å². The number of methoxy groups -OCH3 is 2. The fraction of sp³-hybridized carbons (Fsp3) is 0.263. The maximum Gasteiger partial charge on any atom is 0.488 e. The minimum atomic E-state index is -1.38. The molecule has 0 bridgehead atoms. The van der Waals surface area contributed by atoms with Gasteiger partial charge in [-0.1, -0.05) is 11.6 Å². The third-order valence-electron chi connectivity index (χ3n) is 8.27. The van der Waals surface area contributed by atoms with E-state index in [1.165, 1.54) is 26.6 Å². The van der Waals surface area contributed by atoms with E-state index in [0.717, 1.165) is 22.6 Å². The second-order valence-corrected chi connectivity index (χ2v) is 12.8. The van der Waals surface area contributed by atoms with Crippen LogP contribution in [0, 0.1) is 0 Å². The number of esters is 2. The molecular weight excluding hydrogens is 711 g/mol. The molecule has 0 atom stereocenters. The van der Waals surface area contributed by atoms with Gasteiger partial charge in [0.2, 0.25) is 0 Å². The number of nitrogens with zero attached hydrogens (tertiary/aromatic N) is 8. The highest BCUT2D eigenvalue weighted by Gasteiger charge is 2.19. The number of ether oxygens (including phenoxy) is 2. The number of carbonyl (C=O) groups is 2. The molecule has 4 heterocycles. The van der Waals surface area contributed by atoms with Crippen molar-refractivity contribution in [2.45, 2.75) is 39.8 Å². The van der Waals surface area contributed by atoms with Crippen LogP contribution in [0.25, 0.3) is 33.3 Å². The molecule has 0 saturated carbocycles. The van der Waals surface area contributed by atoms with E-state index in [1.54, 1.807) is 60.9 Å². The summed E-state index contributed by atoms with van der Waals surface area (Å²) in [6.45, 7) is 8.25. The Labute approximate surface area is 319 Å². The summed E-state index contributed by atoms with van der Waals surface area (Å²) in [4.78, 5) is 53.5. The standard InChI is InChI=1S/C19H20N4O2.C14H16ClN3O2.C5H6BNO2/c1-12(2)23(3)18-17(13-7-9-20-10-8-13)21-15-6-5-14(19(24)25-4)11-16(15)22-18;1-8(2)18(3)13-12(15)16-10-6-5-9(14(19)20-4)7-11(10)17-13;8-6(9)5-1-3-7-4-2-5/h5-12H,1-4H3;5-8H,1-4H3;1-4,8-9H. The largest absolute Gasteiger partial charge is 0.488 e. The van der Waals surface area contributed by atoms with Crippen molar-refractivity contribution in [2.75, 3.05) is 38.1 Å². The maximum absolute atomic E-state index is 11.8. The molecule has 4 aromatic heterocycles. The molecule has 0 amide bonds. The van der Waals surface area contributed by atoms with E-state index in [-0.39, 0.29) is 18.1 Å². The second-order valence-electron chi connectivity index (χ2n) is 12.4. The summed E-state index contributed by atoms with van der Waals surface area (Å²) in [6.07, 6.45) is 6.49. The first kappa shape index (κ1) is 41.0. The third kappa shape index (κ3) is 10.2. The maximum atomic E-state index is 11.8. The minimum Gasteiger partial charge on any atom is -0.465 e. The molecule has 0 fully saturated rings. The number of benzene rings is 2. The summed E-state index contributed by atoms with van der Waals surface area (Å²) >= 11 is 6.16. The van der Waals surface area contributed by atoms with E-state index in [4.69, 9.17) is 41.1 Å². The number of halogens is 1. The Hall–Kier alpha value is -5.77. The van der Waals surface area contributed by atoms with Gasteiger partial charge in [0.05, 0.1) is 47.4 Å². The lowest BCUT2D eigenvalue weighted by atomic mass is 9.81. The lowest BCUT2D eigenvalue weighted by Gasteiger charge is -2.25. The molecule has 0 radical (unpaired) electrons. The molecule has 0 unspecified atom stereocenters. The van der Waals surface area contributed by atoms with Gasteiger partial charge in [0, 0.05) is 56.5 Å². The van der Waals surface area contributed by atoms with Gasteiger partial charge in [-0.25, -0.2) is 29.5 Å². The molecule has 280 valence electrons. The topological polar surface area (TPSA) is 177 Å². The number of hydrogen-bond acceptors (Lipinski definition) is 14. The van der Waals surface area contributed by atoms with E-state index < -0.39 is 13.1 Å². The molecule has 0 spiro atoms. The molecule has 0 saturated heterocycles. The van der Waals surface area contributed by atoms with Gasteiger partial charge in [-0.3, -0.25) is 9.97 Å². The van der Waals surface area contributed by atoms with Gasteiger partial charge in [-0.05, 0) is 93.8 Å². The van der Waals surface area contributed by atoms with E-state index >= 15 is 0 Å². The van der Waals surface area contributed by atoms with Crippen molar-refractivity contribution >= 4 is 69.8 Å². The first-order chi connectivity index (χ1) is 25.7. The fourth-order valence-corrected chi connectivity index (χ4v) is 5.02. The summed E-state index contributed by atoms with van der Waals surface area (Å²) in [7, 11) is 5.21. The molecule has 54 heavy (non-hydrogen) atoms. The van der Waals surface area contributed by atoms with Crippen LogP contribution in [-0.4, -0.2) is 99.4 Å². The van der Waals surface area contributed by atoms with Crippen LogP contribution in [0.5, 0.6) is 0 Å². The zero-order chi connectivity index (χ0) is 39.5. The van der Waals surface area contributed by atoms with Crippen molar-refractivity contribution in [1.29, 1.82) is 0 Å². The highest BCUT2D eigenvalue weighted by molar-refractivity contribution is 6.58. The van der Waals surface area contributed by atoms with Crippen molar-refractivity contribution in [2.24, 2.45) is 0 Å². The van der Waals surface area contributed by atoms with Gasteiger partial charge in [-0.15, -0.1) is 0 Å². The molecule has 6 aromatic rings. The SMILES string of the molecule is COC(=O)c1ccc2nc(-c3ccncc3)c(N(C)C(C)C)nc2c1.COC(=O)c1ccc2nc(Cl)c(N(C)C(C)C)nc2c1.OB(O)c1ccncc1. The van der Waals surface area contributed by atoms with E-state index in [0.29, 0.717) is 44.1 Å². The van der Waals surface area contributed by atoms with Crippen molar-refractivity contribution in [1.82, 2.24) is 29.9 Å². The number of aromatic nitrogens is 6. The van der Waals surface area contributed by atoms with E-state index in [9.17, 15) is 9.59 Å². The highest BCUT2D eigenvalue weighted by atomic mass is 35.5. The van der Waals surface area contributed by atoms with Crippen LogP contribution >= 0.6 is 11.6 Å². The average molecular weight is 753 g/mol. The monoisotopic (exact) mass is 752 g/mol. The quantitative estimate of drug-likeness (QED) is 0.157. The molecule has 0 aliphatic rings. The number of fused-ring (bicyclic) bond motifs is 2. The van der Waals surface area contributed by atoms with Crippen molar-refractivity contribution < 1.29 is 29.1 Å². The zero-order valence-electron chi connectivity index (χ0n) is 31.3. The molecule has 0 aliphatic heterocycles. The predicted octanol–water partition coefficient (Wildman–Crippen LogP) is 5.00. The van der Waals surface area contributed by atoms with Crippen LogP contribution in [-0.2, 0) is 9.47 Å². The number of anilines is 2. The Morgan fingerprint density at radius 2 is 1.09 bits per heavy atom. The Bertz CT molecular complexity index is 2200. The lowest BCUT2D eigenvalue weighted by Crippen LogP contribution is -2.29. The Balaban J connectivity index is 0.000000199. The second kappa shape index (κ2) is 18.8. The lowest BCUT2D eigenvalue weighted by molar-refractivity contribution is 0.0592. The van der Waals surface area contributed by atoms with Crippen LogP contribution in [0.1, 0.15) is 48.4 Å². The Kier molecular flexibility index (Phi) is 14.3. The molecular formula is C38H42BClN8O6. The number of carbonyl (C=O) groups excluding carboxylic acids is 2. The van der Waals surface area contributed by atoms with Crippen LogP contribution in [0.3, 0.4) is 0 Å². The number of pyridine rings is 2. The van der Waals surface area contributed by atoms with Crippen molar-refractivity contribution in [3.8, 4) is 11.3 Å². The Morgan fingerprint density at radius 1 is 0.648 bits per heavy atom. The first-order valence-corrected chi connectivity index (χ1v) is 17.2. The first-order valence-electron chi connectivity index (χ1n) is 16.8. The fourth-order valence-electron chi connectivity index (χ4n) is 4.76. The van der Waals surface area contributed by atoms with Crippen LogP contribution in [0.15, 0.2) is 85.5 Å². The van der Waals surface area contributed by atoms with Gasteiger partial charge in [0.1, 0.15) is 5.69 Å². The average Bonchev–Trinajstić information content (AvgIpc) is 3.19. The highest BCUT2D eigenvalue weighted by Crippen LogP contribution is 2.30. The van der Waals surface area contributed by atoms with Crippen molar-refractivity contribution in [3.05, 3.63) is 102 Å². The third-order valence-corrected chi connectivity index (χ3v) is 8.52. The van der Waals surface area contributed by atoms with Gasteiger partial charge in [0.15, 0.2) is 16.8 Å². The normalized spacial score (nSPS) is 10.6. The van der Waals surface area contributed by atoms with Crippen LogP contribution < -0.4 is 15.3 Å². The zero-order valence-corrected chi connectivity index (χ0v) is 32.1.